The van der Waals surface area contributed by atoms with Crippen molar-refractivity contribution in [1.82, 2.24) is 15.3 Å². The Morgan fingerprint density at radius 1 is 1.14 bits per heavy atom. The Balaban J connectivity index is 1.62. The van der Waals surface area contributed by atoms with Crippen LogP contribution in [0.4, 0.5) is 11.5 Å². The van der Waals surface area contributed by atoms with Crippen molar-refractivity contribution in [2.45, 2.75) is 6.10 Å². The molecule has 0 saturated carbocycles. The number of nitrogens with one attached hydrogen (secondary N) is 2. The molecule has 0 amide bonds. The summed E-state index contributed by atoms with van der Waals surface area (Å²) in [6.07, 6.45) is 1.53. The average molecular weight is 396 g/mol. The molecule has 0 bridgehead atoms. The van der Waals surface area contributed by atoms with E-state index in [0.717, 1.165) is 35.4 Å². The molecule has 2 N–H and O–H groups in total. The SMILES string of the molecule is COc1cccc(Nc2ncnc3cc(OC)c(OCC4CNCCO4)cc23)c1. The summed E-state index contributed by atoms with van der Waals surface area (Å²) in [7, 11) is 3.25. The largest absolute Gasteiger partial charge is 0.497 e. The number of fused-ring (bicyclic) bond motifs is 1. The summed E-state index contributed by atoms with van der Waals surface area (Å²) in [6.45, 7) is 2.75. The van der Waals surface area contributed by atoms with Gasteiger partial charge in [0.15, 0.2) is 11.5 Å². The standard InChI is InChI=1S/C21H24N4O4/c1-26-15-5-3-4-14(8-15)25-21-17-9-20(29-12-16-11-22-6-7-28-16)19(27-2)10-18(17)23-13-24-21/h3-5,8-10,13,16,22H,6-7,11-12H2,1-2H3,(H,23,24,25). The fourth-order valence-electron chi connectivity index (χ4n) is 3.18. The summed E-state index contributed by atoms with van der Waals surface area (Å²) in [5, 5.41) is 7.46. The van der Waals surface area contributed by atoms with Crippen molar-refractivity contribution < 1.29 is 18.9 Å². The third-order valence-corrected chi connectivity index (χ3v) is 4.68. The highest BCUT2D eigenvalue weighted by Gasteiger charge is 2.17. The molecule has 1 unspecified atom stereocenters. The van der Waals surface area contributed by atoms with Crippen LogP contribution in [-0.2, 0) is 4.74 Å². The van der Waals surface area contributed by atoms with Gasteiger partial charge in [-0.15, -0.1) is 0 Å². The summed E-state index contributed by atoms with van der Waals surface area (Å²) in [5.41, 5.74) is 1.62. The molecule has 3 aromatic rings. The maximum Gasteiger partial charge on any atom is 0.162 e. The number of aromatic nitrogens is 2. The van der Waals surface area contributed by atoms with E-state index in [4.69, 9.17) is 18.9 Å². The minimum Gasteiger partial charge on any atom is -0.497 e. The molecule has 0 aliphatic carbocycles. The molecule has 0 spiro atoms. The molecule has 4 rings (SSSR count). The second kappa shape index (κ2) is 8.93. The number of benzene rings is 2. The van der Waals surface area contributed by atoms with Crippen molar-refractivity contribution in [2.75, 3.05) is 45.8 Å². The van der Waals surface area contributed by atoms with Crippen LogP contribution in [0.1, 0.15) is 0 Å². The molecule has 1 atom stereocenters. The molecule has 152 valence electrons. The predicted octanol–water partition coefficient (Wildman–Crippen LogP) is 2.76. The summed E-state index contributed by atoms with van der Waals surface area (Å²) in [5.74, 6) is 2.68. The molecule has 29 heavy (non-hydrogen) atoms. The van der Waals surface area contributed by atoms with Crippen molar-refractivity contribution >= 4 is 22.4 Å². The monoisotopic (exact) mass is 396 g/mol. The van der Waals surface area contributed by atoms with E-state index < -0.39 is 0 Å². The van der Waals surface area contributed by atoms with Crippen LogP contribution >= 0.6 is 0 Å². The maximum atomic E-state index is 6.02. The first-order valence-corrected chi connectivity index (χ1v) is 9.46. The van der Waals surface area contributed by atoms with Gasteiger partial charge < -0.3 is 29.6 Å². The van der Waals surface area contributed by atoms with Gasteiger partial charge in [0.2, 0.25) is 0 Å². The molecule has 1 aliphatic rings. The Labute approximate surface area is 169 Å². The number of hydrogen-bond donors (Lipinski definition) is 2. The lowest BCUT2D eigenvalue weighted by atomic mass is 10.2. The number of anilines is 2. The van der Waals surface area contributed by atoms with Crippen molar-refractivity contribution in [3.8, 4) is 17.2 Å². The van der Waals surface area contributed by atoms with Gasteiger partial charge >= 0.3 is 0 Å². The lowest BCUT2D eigenvalue weighted by Gasteiger charge is -2.24. The van der Waals surface area contributed by atoms with Crippen LogP contribution in [0.25, 0.3) is 10.9 Å². The lowest BCUT2D eigenvalue weighted by Crippen LogP contribution is -2.41. The van der Waals surface area contributed by atoms with E-state index in [1.54, 1.807) is 14.2 Å². The summed E-state index contributed by atoms with van der Waals surface area (Å²) in [6, 6.07) is 11.4. The second-order valence-corrected chi connectivity index (χ2v) is 6.61. The topological polar surface area (TPSA) is 86.8 Å². The average Bonchev–Trinajstić information content (AvgIpc) is 2.78. The zero-order valence-corrected chi connectivity index (χ0v) is 16.5. The molecular formula is C21H24N4O4. The first kappa shape index (κ1) is 19.2. The number of rotatable bonds is 7. The Hall–Kier alpha value is -3.10. The first-order valence-electron chi connectivity index (χ1n) is 9.46. The molecule has 1 fully saturated rings. The van der Waals surface area contributed by atoms with Crippen LogP contribution < -0.4 is 24.8 Å². The third kappa shape index (κ3) is 4.49. The minimum atomic E-state index is 0.00514. The van der Waals surface area contributed by atoms with Crippen molar-refractivity contribution in [1.29, 1.82) is 0 Å². The first-order chi connectivity index (χ1) is 14.3. The van der Waals surface area contributed by atoms with E-state index in [1.807, 2.05) is 36.4 Å². The van der Waals surface area contributed by atoms with Crippen LogP contribution in [0.3, 0.4) is 0 Å². The fourth-order valence-corrected chi connectivity index (χ4v) is 3.18. The minimum absolute atomic E-state index is 0.00514. The van der Waals surface area contributed by atoms with Crippen molar-refractivity contribution in [2.24, 2.45) is 0 Å². The van der Waals surface area contributed by atoms with Gasteiger partial charge in [-0.05, 0) is 18.2 Å². The van der Waals surface area contributed by atoms with Crippen molar-refractivity contribution in [3.63, 3.8) is 0 Å². The van der Waals surface area contributed by atoms with Crippen LogP contribution in [-0.4, -0.2) is 56.6 Å². The molecule has 1 aliphatic heterocycles. The van der Waals surface area contributed by atoms with E-state index >= 15 is 0 Å². The van der Waals surface area contributed by atoms with E-state index in [0.29, 0.717) is 30.5 Å². The molecule has 8 heteroatoms. The number of methoxy groups -OCH3 is 2. The normalized spacial score (nSPS) is 16.4. The Morgan fingerprint density at radius 3 is 2.86 bits per heavy atom. The van der Waals surface area contributed by atoms with E-state index in [9.17, 15) is 0 Å². The quantitative estimate of drug-likeness (QED) is 0.631. The molecular weight excluding hydrogens is 372 g/mol. The summed E-state index contributed by atoms with van der Waals surface area (Å²) < 4.78 is 22.5. The van der Waals surface area contributed by atoms with E-state index in [1.165, 1.54) is 6.33 Å². The van der Waals surface area contributed by atoms with E-state index in [-0.39, 0.29) is 6.10 Å². The van der Waals surface area contributed by atoms with Crippen LogP contribution in [0, 0.1) is 0 Å². The molecule has 1 saturated heterocycles. The third-order valence-electron chi connectivity index (χ3n) is 4.68. The van der Waals surface area contributed by atoms with Crippen LogP contribution in [0.2, 0.25) is 0 Å². The van der Waals surface area contributed by atoms with E-state index in [2.05, 4.69) is 20.6 Å². The highest BCUT2D eigenvalue weighted by Crippen LogP contribution is 2.35. The molecule has 2 heterocycles. The Kier molecular flexibility index (Phi) is 5.92. The van der Waals surface area contributed by atoms with Gasteiger partial charge in [0.1, 0.15) is 30.6 Å². The zero-order valence-electron chi connectivity index (χ0n) is 16.5. The number of morpholine rings is 1. The Morgan fingerprint density at radius 2 is 2.07 bits per heavy atom. The Bertz CT molecular complexity index is 976. The maximum absolute atomic E-state index is 6.02. The zero-order chi connectivity index (χ0) is 20.1. The second-order valence-electron chi connectivity index (χ2n) is 6.61. The summed E-state index contributed by atoms with van der Waals surface area (Å²) >= 11 is 0. The molecule has 0 radical (unpaired) electrons. The van der Waals surface area contributed by atoms with Gasteiger partial charge in [0.25, 0.3) is 0 Å². The predicted molar refractivity (Wildman–Crippen MR) is 110 cm³/mol. The number of ether oxygens (including phenoxy) is 4. The van der Waals surface area contributed by atoms with Gasteiger partial charge in [-0.3, -0.25) is 0 Å². The van der Waals surface area contributed by atoms with Crippen LogP contribution in [0.15, 0.2) is 42.7 Å². The lowest BCUT2D eigenvalue weighted by molar-refractivity contribution is -0.000232. The van der Waals surface area contributed by atoms with Gasteiger partial charge in [-0.25, -0.2) is 9.97 Å². The fraction of sp³-hybridized carbons (Fsp3) is 0.333. The highest BCUT2D eigenvalue weighted by atomic mass is 16.5. The van der Waals surface area contributed by atoms with Crippen molar-refractivity contribution in [3.05, 3.63) is 42.7 Å². The van der Waals surface area contributed by atoms with Gasteiger partial charge in [-0.2, -0.15) is 0 Å². The van der Waals surface area contributed by atoms with Gasteiger partial charge in [0, 0.05) is 36.3 Å². The van der Waals surface area contributed by atoms with Crippen LogP contribution in [0.5, 0.6) is 17.2 Å². The highest BCUT2D eigenvalue weighted by molar-refractivity contribution is 5.93. The van der Waals surface area contributed by atoms with Gasteiger partial charge in [-0.1, -0.05) is 6.07 Å². The van der Waals surface area contributed by atoms with Gasteiger partial charge in [0.05, 0.1) is 26.3 Å². The molecule has 8 nitrogen and oxygen atoms in total. The molecule has 1 aromatic heterocycles. The number of hydrogen-bond acceptors (Lipinski definition) is 8. The summed E-state index contributed by atoms with van der Waals surface area (Å²) in [4.78, 5) is 8.78. The number of nitrogens with zero attached hydrogens (tertiary/aromatic N) is 2. The molecule has 2 aromatic carbocycles. The smallest absolute Gasteiger partial charge is 0.162 e.